The van der Waals surface area contributed by atoms with Gasteiger partial charge in [0.05, 0.1) is 16.0 Å². The van der Waals surface area contributed by atoms with Crippen LogP contribution in [0, 0.1) is 0 Å². The number of hydrogen-bond acceptors (Lipinski definition) is 4. The van der Waals surface area contributed by atoms with Crippen molar-refractivity contribution >= 4 is 15.8 Å². The van der Waals surface area contributed by atoms with Crippen molar-refractivity contribution in [2.75, 3.05) is 6.26 Å². The Morgan fingerprint density at radius 1 is 1.08 bits per heavy atom. The first-order valence-corrected chi connectivity index (χ1v) is 8.60. The van der Waals surface area contributed by atoms with Crippen molar-refractivity contribution in [3.63, 3.8) is 0 Å². The van der Waals surface area contributed by atoms with E-state index < -0.39 is 27.5 Å². The fourth-order valence-electron chi connectivity index (χ4n) is 1.91. The first-order valence-electron chi connectivity index (χ1n) is 6.71. The lowest BCUT2D eigenvalue weighted by molar-refractivity contribution is -0.137. The average Bonchev–Trinajstić information content (AvgIpc) is 2.51. The van der Waals surface area contributed by atoms with E-state index in [1.54, 1.807) is 0 Å². The molecule has 0 aliphatic rings. The Morgan fingerprint density at radius 3 is 2.25 bits per heavy atom. The minimum atomic E-state index is -4.47. The van der Waals surface area contributed by atoms with Crippen molar-refractivity contribution in [2.45, 2.75) is 17.7 Å². The van der Waals surface area contributed by atoms with Gasteiger partial charge in [0.15, 0.2) is 9.84 Å². The molecule has 0 amide bonds. The molecule has 0 fully saturated rings. The van der Waals surface area contributed by atoms with Gasteiger partial charge < -0.3 is 4.74 Å². The Bertz CT molecular complexity index is 840. The normalized spacial score (nSPS) is 12.0. The van der Waals surface area contributed by atoms with Crippen LogP contribution >= 0.6 is 0 Å². The molecule has 0 bridgehead atoms. The summed E-state index contributed by atoms with van der Waals surface area (Å²) in [5.74, 6) is -0.757. The fourth-order valence-corrected chi connectivity index (χ4v) is 2.54. The van der Waals surface area contributed by atoms with Gasteiger partial charge >= 0.3 is 12.1 Å². The van der Waals surface area contributed by atoms with Crippen molar-refractivity contribution in [3.8, 4) is 0 Å². The Morgan fingerprint density at radius 2 is 1.71 bits per heavy atom. The summed E-state index contributed by atoms with van der Waals surface area (Å²) >= 11 is 0. The molecule has 128 valence electrons. The summed E-state index contributed by atoms with van der Waals surface area (Å²) in [7, 11) is -3.38. The highest BCUT2D eigenvalue weighted by Crippen LogP contribution is 2.29. The SMILES string of the molecule is CS(=O)(=O)c1ccc(C(=O)OCc2cccc(C(F)(F)F)c2)cc1. The lowest BCUT2D eigenvalue weighted by Gasteiger charge is -2.09. The predicted molar refractivity (Wildman–Crippen MR) is 80.1 cm³/mol. The van der Waals surface area contributed by atoms with Gasteiger partial charge in [-0.25, -0.2) is 13.2 Å². The summed E-state index contributed by atoms with van der Waals surface area (Å²) in [5, 5.41) is 0. The molecule has 2 aromatic carbocycles. The summed E-state index contributed by atoms with van der Waals surface area (Å²) in [6, 6.07) is 9.56. The summed E-state index contributed by atoms with van der Waals surface area (Å²) in [6.07, 6.45) is -3.44. The van der Waals surface area contributed by atoms with E-state index in [9.17, 15) is 26.4 Å². The van der Waals surface area contributed by atoms with Crippen LogP contribution in [0.25, 0.3) is 0 Å². The minimum absolute atomic E-state index is 0.0527. The zero-order chi connectivity index (χ0) is 18.0. The number of esters is 1. The molecular weight excluding hydrogens is 345 g/mol. The van der Waals surface area contributed by atoms with Crippen LogP contribution in [0.4, 0.5) is 13.2 Å². The molecule has 0 aliphatic carbocycles. The maximum absolute atomic E-state index is 12.6. The van der Waals surface area contributed by atoms with E-state index >= 15 is 0 Å². The van der Waals surface area contributed by atoms with Gasteiger partial charge in [0.1, 0.15) is 6.61 Å². The van der Waals surface area contributed by atoms with Crippen LogP contribution in [0.1, 0.15) is 21.5 Å². The number of benzene rings is 2. The number of hydrogen-bond donors (Lipinski definition) is 0. The largest absolute Gasteiger partial charge is 0.457 e. The molecule has 8 heteroatoms. The van der Waals surface area contributed by atoms with E-state index in [1.165, 1.54) is 36.4 Å². The molecule has 0 unspecified atom stereocenters. The number of ether oxygens (including phenoxy) is 1. The van der Waals surface area contributed by atoms with Crippen molar-refractivity contribution in [1.82, 2.24) is 0 Å². The highest BCUT2D eigenvalue weighted by molar-refractivity contribution is 7.90. The summed E-state index contributed by atoms with van der Waals surface area (Å²) < 4.78 is 65.4. The molecule has 0 saturated carbocycles. The highest BCUT2D eigenvalue weighted by atomic mass is 32.2. The smallest absolute Gasteiger partial charge is 0.416 e. The second-order valence-electron chi connectivity index (χ2n) is 5.07. The van der Waals surface area contributed by atoms with Crippen LogP contribution in [0.2, 0.25) is 0 Å². The van der Waals surface area contributed by atoms with Crippen LogP contribution in [0.15, 0.2) is 53.4 Å². The number of alkyl halides is 3. The first-order chi connectivity index (χ1) is 11.1. The van der Waals surface area contributed by atoms with Crippen LogP contribution in [0.5, 0.6) is 0 Å². The third kappa shape index (κ3) is 4.58. The van der Waals surface area contributed by atoms with Gasteiger partial charge in [-0.2, -0.15) is 13.2 Å². The number of carbonyl (C=O) groups is 1. The monoisotopic (exact) mass is 358 g/mol. The van der Waals surface area contributed by atoms with Crippen molar-refractivity contribution in [1.29, 1.82) is 0 Å². The average molecular weight is 358 g/mol. The van der Waals surface area contributed by atoms with Gasteiger partial charge in [-0.3, -0.25) is 0 Å². The molecular formula is C16H13F3O4S. The quantitative estimate of drug-likeness (QED) is 0.786. The molecule has 0 heterocycles. The maximum atomic E-state index is 12.6. The number of carbonyl (C=O) groups excluding carboxylic acids is 1. The second kappa shape index (κ2) is 6.64. The van der Waals surface area contributed by atoms with Crippen LogP contribution in [-0.2, 0) is 27.4 Å². The van der Waals surface area contributed by atoms with E-state index in [0.717, 1.165) is 18.4 Å². The number of rotatable bonds is 4. The van der Waals surface area contributed by atoms with Gasteiger partial charge in [-0.15, -0.1) is 0 Å². The standard InChI is InChI=1S/C16H13F3O4S/c1-24(21,22)14-7-5-12(6-8-14)15(20)23-10-11-3-2-4-13(9-11)16(17,18)19/h2-9H,10H2,1H3. The Balaban J connectivity index is 2.06. The van der Waals surface area contributed by atoms with Gasteiger partial charge in [0.2, 0.25) is 0 Å². The van der Waals surface area contributed by atoms with E-state index in [0.29, 0.717) is 0 Å². The van der Waals surface area contributed by atoms with Gasteiger partial charge in [-0.05, 0) is 42.0 Å². The minimum Gasteiger partial charge on any atom is -0.457 e. The van der Waals surface area contributed by atoms with E-state index in [2.05, 4.69) is 0 Å². The summed E-state index contributed by atoms with van der Waals surface area (Å²) in [5.41, 5.74) is -0.520. The van der Waals surface area contributed by atoms with Crippen molar-refractivity contribution in [3.05, 3.63) is 65.2 Å². The topological polar surface area (TPSA) is 60.4 Å². The van der Waals surface area contributed by atoms with E-state index in [-0.39, 0.29) is 22.6 Å². The Hall–Kier alpha value is -2.35. The maximum Gasteiger partial charge on any atom is 0.416 e. The van der Waals surface area contributed by atoms with Crippen LogP contribution in [0.3, 0.4) is 0 Å². The number of halogens is 3. The van der Waals surface area contributed by atoms with E-state index in [4.69, 9.17) is 4.74 Å². The van der Waals surface area contributed by atoms with Crippen molar-refractivity contribution < 1.29 is 31.1 Å². The zero-order valence-corrected chi connectivity index (χ0v) is 13.3. The Labute approximate surface area is 136 Å². The molecule has 24 heavy (non-hydrogen) atoms. The van der Waals surface area contributed by atoms with Crippen molar-refractivity contribution in [2.24, 2.45) is 0 Å². The summed E-state index contributed by atoms with van der Waals surface area (Å²) in [4.78, 5) is 11.9. The molecule has 0 aliphatic heterocycles. The van der Waals surface area contributed by atoms with Crippen LogP contribution in [-0.4, -0.2) is 20.6 Å². The van der Waals surface area contributed by atoms with Crippen LogP contribution < -0.4 is 0 Å². The summed E-state index contributed by atoms with van der Waals surface area (Å²) in [6.45, 7) is -0.323. The van der Waals surface area contributed by atoms with Gasteiger partial charge in [0.25, 0.3) is 0 Å². The first kappa shape index (κ1) is 18.0. The molecule has 4 nitrogen and oxygen atoms in total. The highest BCUT2D eigenvalue weighted by Gasteiger charge is 2.30. The third-order valence-corrected chi connectivity index (χ3v) is 4.27. The Kier molecular flexibility index (Phi) is 4.98. The van der Waals surface area contributed by atoms with Gasteiger partial charge in [0, 0.05) is 6.26 Å². The molecule has 0 aromatic heterocycles. The number of sulfone groups is 1. The molecule has 0 spiro atoms. The lowest BCUT2D eigenvalue weighted by Crippen LogP contribution is -2.08. The molecule has 0 saturated heterocycles. The molecule has 2 aromatic rings. The lowest BCUT2D eigenvalue weighted by atomic mass is 10.1. The predicted octanol–water partition coefficient (Wildman–Crippen LogP) is 3.47. The molecule has 2 rings (SSSR count). The molecule has 0 atom stereocenters. The molecule has 0 radical (unpaired) electrons. The van der Waals surface area contributed by atoms with E-state index in [1.807, 2.05) is 0 Å². The molecule has 0 N–H and O–H groups in total. The fraction of sp³-hybridized carbons (Fsp3) is 0.188. The van der Waals surface area contributed by atoms with Gasteiger partial charge in [-0.1, -0.05) is 12.1 Å². The second-order valence-corrected chi connectivity index (χ2v) is 7.09. The zero-order valence-electron chi connectivity index (χ0n) is 12.5. The third-order valence-electron chi connectivity index (χ3n) is 3.14.